The van der Waals surface area contributed by atoms with Crippen LogP contribution in [0.15, 0.2) is 30.3 Å². The molecule has 0 aliphatic rings. The Labute approximate surface area is 120 Å². The van der Waals surface area contributed by atoms with Crippen molar-refractivity contribution >= 4 is 11.6 Å². The number of anilines is 1. The van der Waals surface area contributed by atoms with Gasteiger partial charge in [0.05, 0.1) is 17.8 Å². The Morgan fingerprint density at radius 3 is 2.45 bits per heavy atom. The van der Waals surface area contributed by atoms with Gasteiger partial charge in [0.15, 0.2) is 0 Å². The molecule has 2 aromatic rings. The molecule has 0 atom stereocenters. The molecule has 0 radical (unpaired) electrons. The number of nitrogens with one attached hydrogen (secondary N) is 1. The van der Waals surface area contributed by atoms with Crippen molar-refractivity contribution in [3.05, 3.63) is 58.4 Å². The number of hydrogen-bond acceptors (Lipinski definition) is 2. The Hall–Kier alpha value is -2.16. The zero-order valence-electron chi connectivity index (χ0n) is 12.4. The molecule has 0 fully saturated rings. The number of nitrogens with zero attached hydrogens (tertiary/aromatic N) is 1. The number of amides is 1. The van der Waals surface area contributed by atoms with E-state index in [2.05, 4.69) is 10.3 Å². The van der Waals surface area contributed by atoms with Gasteiger partial charge in [-0.3, -0.25) is 9.78 Å². The minimum atomic E-state index is -0.00356. The molecule has 0 bridgehead atoms. The number of hydrogen-bond donors (Lipinski definition) is 1. The van der Waals surface area contributed by atoms with Crippen LogP contribution in [0.3, 0.4) is 0 Å². The van der Waals surface area contributed by atoms with Crippen molar-refractivity contribution in [3.8, 4) is 0 Å². The van der Waals surface area contributed by atoms with Gasteiger partial charge in [-0.2, -0.15) is 0 Å². The van der Waals surface area contributed by atoms with Crippen molar-refractivity contribution in [2.75, 3.05) is 5.32 Å². The van der Waals surface area contributed by atoms with Gasteiger partial charge in [-0.05, 0) is 50.5 Å². The second-order valence-electron chi connectivity index (χ2n) is 5.19. The quantitative estimate of drug-likeness (QED) is 0.925. The van der Waals surface area contributed by atoms with Crippen LogP contribution in [0.5, 0.6) is 0 Å². The van der Waals surface area contributed by atoms with E-state index in [1.807, 2.05) is 58.0 Å². The summed E-state index contributed by atoms with van der Waals surface area (Å²) < 4.78 is 0. The summed E-state index contributed by atoms with van der Waals surface area (Å²) in [7, 11) is 0. The highest BCUT2D eigenvalue weighted by Gasteiger charge is 2.10. The molecule has 2 rings (SSSR count). The summed E-state index contributed by atoms with van der Waals surface area (Å²) in [5.74, 6) is -0.00356. The Balaban J connectivity index is 2.15. The van der Waals surface area contributed by atoms with Gasteiger partial charge in [-0.1, -0.05) is 24.3 Å². The van der Waals surface area contributed by atoms with Crippen LogP contribution in [0.25, 0.3) is 0 Å². The highest BCUT2D eigenvalue weighted by atomic mass is 16.1. The number of aromatic nitrogens is 1. The minimum Gasteiger partial charge on any atom is -0.324 e. The van der Waals surface area contributed by atoms with E-state index >= 15 is 0 Å². The molecule has 1 heterocycles. The first-order valence-electron chi connectivity index (χ1n) is 6.76. The molecule has 1 amide bonds. The van der Waals surface area contributed by atoms with Crippen molar-refractivity contribution in [2.24, 2.45) is 0 Å². The van der Waals surface area contributed by atoms with E-state index in [4.69, 9.17) is 0 Å². The number of carbonyl (C=O) groups is 1. The van der Waals surface area contributed by atoms with Crippen molar-refractivity contribution in [3.63, 3.8) is 0 Å². The Kier molecular flexibility index (Phi) is 4.18. The van der Waals surface area contributed by atoms with E-state index in [1.54, 1.807) is 0 Å². The molecule has 3 nitrogen and oxygen atoms in total. The first-order valence-corrected chi connectivity index (χ1v) is 6.76. The van der Waals surface area contributed by atoms with E-state index in [0.29, 0.717) is 6.42 Å². The fraction of sp³-hybridized carbons (Fsp3) is 0.294. The van der Waals surface area contributed by atoms with Crippen molar-refractivity contribution in [1.29, 1.82) is 0 Å². The maximum Gasteiger partial charge on any atom is 0.228 e. The molecule has 0 saturated heterocycles. The molecule has 0 unspecified atom stereocenters. The summed E-state index contributed by atoms with van der Waals surface area (Å²) in [6.07, 6.45) is 0.388. The second-order valence-corrected chi connectivity index (χ2v) is 5.19. The van der Waals surface area contributed by atoms with Crippen molar-refractivity contribution < 1.29 is 4.79 Å². The van der Waals surface area contributed by atoms with Gasteiger partial charge in [0, 0.05) is 5.69 Å². The Morgan fingerprint density at radius 2 is 1.80 bits per heavy atom. The highest BCUT2D eigenvalue weighted by molar-refractivity contribution is 5.93. The number of benzene rings is 1. The summed E-state index contributed by atoms with van der Waals surface area (Å²) in [5, 5.41) is 2.98. The lowest BCUT2D eigenvalue weighted by molar-refractivity contribution is -0.115. The first-order chi connectivity index (χ1) is 9.47. The highest BCUT2D eigenvalue weighted by Crippen LogP contribution is 2.19. The third kappa shape index (κ3) is 3.23. The third-order valence-electron chi connectivity index (χ3n) is 3.40. The van der Waals surface area contributed by atoms with Crippen molar-refractivity contribution in [1.82, 2.24) is 4.98 Å². The van der Waals surface area contributed by atoms with Crippen LogP contribution in [-0.4, -0.2) is 10.9 Å². The van der Waals surface area contributed by atoms with Gasteiger partial charge in [0.1, 0.15) is 0 Å². The summed E-state index contributed by atoms with van der Waals surface area (Å²) >= 11 is 0. The Morgan fingerprint density at radius 1 is 1.10 bits per heavy atom. The fourth-order valence-corrected chi connectivity index (χ4v) is 2.38. The molecular weight excluding hydrogens is 248 g/mol. The lowest BCUT2D eigenvalue weighted by Gasteiger charge is -2.12. The van der Waals surface area contributed by atoms with Crippen LogP contribution in [0.2, 0.25) is 0 Å². The van der Waals surface area contributed by atoms with Crippen LogP contribution >= 0.6 is 0 Å². The molecule has 0 spiro atoms. The smallest absolute Gasteiger partial charge is 0.228 e. The van der Waals surface area contributed by atoms with E-state index in [0.717, 1.165) is 33.8 Å². The molecule has 1 aromatic heterocycles. The molecule has 0 aliphatic carbocycles. The topological polar surface area (TPSA) is 42.0 Å². The fourth-order valence-electron chi connectivity index (χ4n) is 2.38. The molecule has 20 heavy (non-hydrogen) atoms. The van der Waals surface area contributed by atoms with Crippen molar-refractivity contribution in [2.45, 2.75) is 34.1 Å². The van der Waals surface area contributed by atoms with E-state index < -0.39 is 0 Å². The van der Waals surface area contributed by atoms with Gasteiger partial charge in [-0.15, -0.1) is 0 Å². The van der Waals surface area contributed by atoms with Gasteiger partial charge in [0.2, 0.25) is 5.91 Å². The summed E-state index contributed by atoms with van der Waals surface area (Å²) in [6.45, 7) is 7.89. The van der Waals surface area contributed by atoms with Crippen LogP contribution < -0.4 is 5.32 Å². The van der Waals surface area contributed by atoms with Crippen LogP contribution in [-0.2, 0) is 11.2 Å². The summed E-state index contributed by atoms with van der Waals surface area (Å²) in [5.41, 5.74) is 5.90. The van der Waals surface area contributed by atoms with Crippen LogP contribution in [0.1, 0.15) is 28.1 Å². The molecule has 104 valence electrons. The number of rotatable bonds is 3. The normalized spacial score (nSPS) is 10.4. The standard InChI is InChI=1S/C17H20N2O/c1-11-7-5-6-8-15(11)10-16(20)19-17-12(2)9-13(3)18-14(17)4/h5-9H,10H2,1-4H3,(H,19,20). The molecule has 1 aromatic carbocycles. The molecule has 3 heteroatoms. The van der Waals surface area contributed by atoms with Gasteiger partial charge < -0.3 is 5.32 Å². The zero-order chi connectivity index (χ0) is 14.7. The summed E-state index contributed by atoms with van der Waals surface area (Å²) in [4.78, 5) is 16.6. The lowest BCUT2D eigenvalue weighted by Crippen LogP contribution is -2.17. The average molecular weight is 268 g/mol. The monoisotopic (exact) mass is 268 g/mol. The SMILES string of the molecule is Cc1cc(C)c(NC(=O)Cc2ccccc2C)c(C)n1. The molecule has 0 saturated carbocycles. The van der Waals surface area contributed by atoms with E-state index in [-0.39, 0.29) is 5.91 Å². The second kappa shape index (κ2) is 5.87. The number of carbonyl (C=O) groups excluding carboxylic acids is 1. The summed E-state index contributed by atoms with van der Waals surface area (Å²) in [6, 6.07) is 9.93. The minimum absolute atomic E-state index is 0.00356. The lowest BCUT2D eigenvalue weighted by atomic mass is 10.1. The number of pyridine rings is 1. The number of aryl methyl sites for hydroxylation is 4. The van der Waals surface area contributed by atoms with E-state index in [1.165, 1.54) is 0 Å². The Bertz CT molecular complexity index is 624. The van der Waals surface area contributed by atoms with Gasteiger partial charge >= 0.3 is 0 Å². The maximum absolute atomic E-state index is 12.2. The molecular formula is C17H20N2O. The molecule has 1 N–H and O–H groups in total. The van der Waals surface area contributed by atoms with Gasteiger partial charge in [0.25, 0.3) is 0 Å². The maximum atomic E-state index is 12.2. The zero-order valence-corrected chi connectivity index (χ0v) is 12.4. The third-order valence-corrected chi connectivity index (χ3v) is 3.40. The first kappa shape index (κ1) is 14.3. The molecule has 0 aliphatic heterocycles. The van der Waals surface area contributed by atoms with Crippen LogP contribution in [0, 0.1) is 27.7 Å². The predicted octanol–water partition coefficient (Wildman–Crippen LogP) is 3.50. The van der Waals surface area contributed by atoms with Gasteiger partial charge in [-0.25, -0.2) is 0 Å². The predicted molar refractivity (Wildman–Crippen MR) is 82.0 cm³/mol. The average Bonchev–Trinajstić information content (AvgIpc) is 2.36. The van der Waals surface area contributed by atoms with Crippen LogP contribution in [0.4, 0.5) is 5.69 Å². The largest absolute Gasteiger partial charge is 0.324 e. The van der Waals surface area contributed by atoms with E-state index in [9.17, 15) is 4.79 Å².